The minimum absolute atomic E-state index is 0.0315. The van der Waals surface area contributed by atoms with Crippen molar-refractivity contribution in [3.05, 3.63) is 76.2 Å². The molecule has 1 unspecified atom stereocenters. The van der Waals surface area contributed by atoms with Crippen LogP contribution in [0.2, 0.25) is 0 Å². The van der Waals surface area contributed by atoms with Crippen molar-refractivity contribution in [1.82, 2.24) is 0 Å². The van der Waals surface area contributed by atoms with Gasteiger partial charge in [0.2, 0.25) is 11.8 Å². The number of nitrogens with one attached hydrogen (secondary N) is 2. The Labute approximate surface area is 232 Å². The average molecular weight is 551 g/mol. The van der Waals surface area contributed by atoms with Crippen LogP contribution in [-0.4, -0.2) is 24.4 Å². The number of aryl methyl sites for hydroxylation is 1. The molecule has 3 aromatic rings. The van der Waals surface area contributed by atoms with Crippen molar-refractivity contribution in [2.24, 2.45) is 0 Å². The van der Waals surface area contributed by atoms with Gasteiger partial charge in [-0.1, -0.05) is 49.7 Å². The molecular weight excluding hydrogens is 516 g/mol. The third-order valence-corrected chi connectivity index (χ3v) is 8.78. The van der Waals surface area contributed by atoms with Gasteiger partial charge in [0.15, 0.2) is 0 Å². The van der Waals surface area contributed by atoms with Gasteiger partial charge in [-0.15, -0.1) is 23.1 Å². The molecule has 8 heteroatoms. The van der Waals surface area contributed by atoms with E-state index in [1.54, 1.807) is 6.92 Å². The summed E-state index contributed by atoms with van der Waals surface area (Å²) < 4.78 is 5.40. The van der Waals surface area contributed by atoms with Crippen molar-refractivity contribution >= 4 is 51.6 Å². The van der Waals surface area contributed by atoms with Crippen LogP contribution in [0, 0.1) is 0 Å². The highest BCUT2D eigenvalue weighted by Crippen LogP contribution is 2.41. The van der Waals surface area contributed by atoms with E-state index in [0.717, 1.165) is 54.5 Å². The molecular formula is C30H34N2O4S2. The number of carbonyl (C=O) groups is 3. The zero-order valence-electron chi connectivity index (χ0n) is 21.9. The molecule has 1 aliphatic rings. The molecule has 1 atom stereocenters. The molecule has 0 radical (unpaired) electrons. The van der Waals surface area contributed by atoms with E-state index >= 15 is 0 Å². The lowest BCUT2D eigenvalue weighted by molar-refractivity contribution is -0.116. The summed E-state index contributed by atoms with van der Waals surface area (Å²) in [7, 11) is 0. The Balaban J connectivity index is 1.62. The van der Waals surface area contributed by atoms with Gasteiger partial charge in [-0.05, 0) is 68.4 Å². The number of benzene rings is 2. The quantitative estimate of drug-likeness (QED) is 0.156. The van der Waals surface area contributed by atoms with Crippen LogP contribution in [0.3, 0.4) is 0 Å². The molecule has 0 saturated carbocycles. The van der Waals surface area contributed by atoms with E-state index in [-0.39, 0.29) is 24.4 Å². The Hall–Kier alpha value is -3.10. The number of amides is 2. The number of fused-ring (bicyclic) bond motifs is 1. The van der Waals surface area contributed by atoms with Crippen molar-refractivity contribution in [2.75, 3.05) is 17.2 Å². The van der Waals surface area contributed by atoms with Gasteiger partial charge in [0.05, 0.1) is 12.2 Å². The molecule has 38 heavy (non-hydrogen) atoms. The van der Waals surface area contributed by atoms with E-state index in [1.807, 2.05) is 61.5 Å². The van der Waals surface area contributed by atoms with Crippen LogP contribution in [0.15, 0.2) is 59.5 Å². The smallest absolute Gasteiger partial charge is 0.341 e. The number of rotatable bonds is 10. The van der Waals surface area contributed by atoms with E-state index in [0.29, 0.717) is 22.7 Å². The molecule has 0 bridgehead atoms. The van der Waals surface area contributed by atoms with Gasteiger partial charge in [0.25, 0.3) is 0 Å². The van der Waals surface area contributed by atoms with Crippen LogP contribution in [0.25, 0.3) is 0 Å². The van der Waals surface area contributed by atoms with Gasteiger partial charge in [0.1, 0.15) is 10.3 Å². The number of thiophene rings is 1. The number of thioether (sulfide) groups is 1. The minimum atomic E-state index is -0.560. The number of hydrogen-bond acceptors (Lipinski definition) is 6. The predicted molar refractivity (Wildman–Crippen MR) is 155 cm³/mol. The zero-order chi connectivity index (χ0) is 26.9. The fourth-order valence-electron chi connectivity index (χ4n) is 4.56. The fraction of sp³-hybridized carbons (Fsp3) is 0.367. The maximum absolute atomic E-state index is 13.8. The van der Waals surface area contributed by atoms with Crippen molar-refractivity contribution in [3.8, 4) is 0 Å². The largest absolute Gasteiger partial charge is 0.462 e. The number of anilines is 2. The second-order valence-corrected chi connectivity index (χ2v) is 11.5. The topological polar surface area (TPSA) is 84.5 Å². The van der Waals surface area contributed by atoms with Crippen molar-refractivity contribution in [3.63, 3.8) is 0 Å². The van der Waals surface area contributed by atoms with Crippen LogP contribution < -0.4 is 10.6 Å². The molecule has 200 valence electrons. The number of carbonyl (C=O) groups excluding carboxylic acids is 3. The Morgan fingerprint density at radius 3 is 2.53 bits per heavy atom. The molecule has 0 spiro atoms. The highest BCUT2D eigenvalue weighted by molar-refractivity contribution is 8.00. The summed E-state index contributed by atoms with van der Waals surface area (Å²) >= 11 is 2.91. The highest BCUT2D eigenvalue weighted by Gasteiger charge is 2.29. The van der Waals surface area contributed by atoms with Gasteiger partial charge < -0.3 is 15.4 Å². The van der Waals surface area contributed by atoms with E-state index in [1.165, 1.54) is 28.0 Å². The van der Waals surface area contributed by atoms with Crippen LogP contribution in [0.5, 0.6) is 0 Å². The molecule has 0 saturated heterocycles. The fourth-order valence-corrected chi connectivity index (χ4v) is 6.93. The monoisotopic (exact) mass is 550 g/mol. The molecule has 1 aliphatic carbocycles. The van der Waals surface area contributed by atoms with E-state index in [2.05, 4.69) is 10.6 Å². The van der Waals surface area contributed by atoms with Crippen molar-refractivity contribution < 1.29 is 19.1 Å². The van der Waals surface area contributed by atoms with Gasteiger partial charge in [0, 0.05) is 21.9 Å². The van der Waals surface area contributed by atoms with E-state index in [9.17, 15) is 14.4 Å². The molecule has 0 aliphatic heterocycles. The van der Waals surface area contributed by atoms with Crippen molar-refractivity contribution in [2.45, 2.75) is 68.9 Å². The number of esters is 1. The summed E-state index contributed by atoms with van der Waals surface area (Å²) in [6, 6.07) is 17.1. The molecule has 6 nitrogen and oxygen atoms in total. The summed E-state index contributed by atoms with van der Waals surface area (Å²) in [6.07, 6.45) is 6.21. The summed E-state index contributed by atoms with van der Waals surface area (Å²) in [6.45, 7) is 4.04. The van der Waals surface area contributed by atoms with Gasteiger partial charge in [-0.3, -0.25) is 9.59 Å². The predicted octanol–water partition coefficient (Wildman–Crippen LogP) is 7.40. The van der Waals surface area contributed by atoms with Gasteiger partial charge in [-0.2, -0.15) is 0 Å². The molecule has 2 aromatic carbocycles. The second-order valence-electron chi connectivity index (χ2n) is 9.21. The summed E-state index contributed by atoms with van der Waals surface area (Å²) in [4.78, 5) is 40.9. The standard InChI is InChI=1S/C30H34N2O4S2/c1-3-12-25(33)31-21-15-11-16-22(19-21)37-27(20-13-7-5-8-14-20)28(34)32-29-26(30(35)36-4-2)23-17-9-6-10-18-24(23)38-29/h5,7-8,11,13-16,19,27H,3-4,6,9-10,12,17-18H2,1-2H3,(H,31,33)(H,32,34). The lowest BCUT2D eigenvalue weighted by Gasteiger charge is -2.18. The van der Waals surface area contributed by atoms with Crippen molar-refractivity contribution in [1.29, 1.82) is 0 Å². The molecule has 2 N–H and O–H groups in total. The summed E-state index contributed by atoms with van der Waals surface area (Å²) in [5.41, 5.74) is 3.10. The third kappa shape index (κ3) is 7.05. The van der Waals surface area contributed by atoms with Gasteiger partial charge >= 0.3 is 5.97 Å². The zero-order valence-corrected chi connectivity index (χ0v) is 23.5. The van der Waals surface area contributed by atoms with E-state index < -0.39 is 5.25 Å². The van der Waals surface area contributed by atoms with Crippen LogP contribution in [0.1, 0.15) is 77.6 Å². The average Bonchev–Trinajstić information content (AvgIpc) is 3.08. The normalized spacial score (nSPS) is 13.6. The SMILES string of the molecule is CCCC(=O)Nc1cccc(SC(C(=O)Nc2sc3c(c2C(=O)OCC)CCCCC3)c2ccccc2)c1. The Morgan fingerprint density at radius 2 is 1.76 bits per heavy atom. The molecule has 1 heterocycles. The summed E-state index contributed by atoms with van der Waals surface area (Å²) in [5.74, 6) is -0.610. The minimum Gasteiger partial charge on any atom is -0.462 e. The second kappa shape index (κ2) is 13.6. The van der Waals surface area contributed by atoms with E-state index in [4.69, 9.17) is 4.74 Å². The Morgan fingerprint density at radius 1 is 0.974 bits per heavy atom. The first-order chi connectivity index (χ1) is 18.5. The highest BCUT2D eigenvalue weighted by atomic mass is 32.2. The maximum Gasteiger partial charge on any atom is 0.341 e. The molecule has 0 fully saturated rings. The number of hydrogen-bond donors (Lipinski definition) is 2. The first-order valence-electron chi connectivity index (χ1n) is 13.2. The molecule has 1 aromatic heterocycles. The maximum atomic E-state index is 13.8. The first-order valence-corrected chi connectivity index (χ1v) is 14.9. The molecule has 4 rings (SSSR count). The van der Waals surface area contributed by atoms with Crippen LogP contribution in [0.4, 0.5) is 10.7 Å². The lowest BCUT2D eigenvalue weighted by atomic mass is 10.1. The van der Waals surface area contributed by atoms with Crippen LogP contribution in [-0.2, 0) is 27.2 Å². The Kier molecular flexibility index (Phi) is 10.0. The lowest BCUT2D eigenvalue weighted by Crippen LogP contribution is -2.20. The first kappa shape index (κ1) is 27.9. The van der Waals surface area contributed by atoms with Gasteiger partial charge in [-0.25, -0.2) is 4.79 Å². The van der Waals surface area contributed by atoms with Crippen LogP contribution >= 0.6 is 23.1 Å². The number of ether oxygens (including phenoxy) is 1. The third-order valence-electron chi connectivity index (χ3n) is 6.33. The Bertz CT molecular complexity index is 1270. The summed E-state index contributed by atoms with van der Waals surface area (Å²) in [5, 5.41) is 6.04. The molecule has 2 amide bonds.